The molecular weight excluding hydrogens is 333 g/mol. The average molecular weight is 376 g/mol. The zero-order valence-electron chi connectivity index (χ0n) is 16.7. The van der Waals surface area contributed by atoms with Gasteiger partial charge in [0.15, 0.2) is 0 Å². The average Bonchev–Trinajstić information content (AvgIpc) is 2.57. The first-order valence-electron chi connectivity index (χ1n) is 10.5. The molecule has 0 saturated heterocycles. The zero-order valence-corrected chi connectivity index (χ0v) is 17.6. The Morgan fingerprint density at radius 3 is 1.80 bits per heavy atom. The molecule has 0 aromatic rings. The minimum Gasteiger partial charge on any atom is -0.312 e. The van der Waals surface area contributed by atoms with E-state index in [0.717, 1.165) is 12.8 Å². The molecule has 25 heavy (non-hydrogen) atoms. The summed E-state index contributed by atoms with van der Waals surface area (Å²) in [6, 6.07) is 0. The van der Waals surface area contributed by atoms with Crippen molar-refractivity contribution in [3.05, 3.63) is 12.2 Å². The predicted molar refractivity (Wildman–Crippen MR) is 109 cm³/mol. The Kier molecular flexibility index (Phi) is 18.5. The van der Waals surface area contributed by atoms with Crippen molar-refractivity contribution in [1.82, 2.24) is 5.09 Å². The van der Waals surface area contributed by atoms with E-state index in [0.29, 0.717) is 6.54 Å². The Balaban J connectivity index is 3.21. The van der Waals surface area contributed by atoms with Gasteiger partial charge in [0.2, 0.25) is 0 Å². The Bertz CT molecular complexity index is 348. The summed E-state index contributed by atoms with van der Waals surface area (Å²) >= 11 is 0. The second kappa shape index (κ2) is 18.6. The van der Waals surface area contributed by atoms with Crippen LogP contribution in [0.25, 0.3) is 0 Å². The monoisotopic (exact) mass is 375 g/mol. The molecule has 0 aliphatic rings. The normalized spacial score (nSPS) is 14.2. The fourth-order valence-electron chi connectivity index (χ4n) is 2.81. The van der Waals surface area contributed by atoms with Crippen molar-refractivity contribution in [3.8, 4) is 0 Å². The molecule has 2 N–H and O–H groups in total. The van der Waals surface area contributed by atoms with Gasteiger partial charge in [-0.15, -0.1) is 0 Å². The highest BCUT2D eigenvalue weighted by Gasteiger charge is 2.16. The maximum atomic E-state index is 11.4. The van der Waals surface area contributed by atoms with Gasteiger partial charge in [0, 0.05) is 6.54 Å². The van der Waals surface area contributed by atoms with Gasteiger partial charge in [-0.25, -0.2) is 9.65 Å². The van der Waals surface area contributed by atoms with Crippen molar-refractivity contribution in [2.75, 3.05) is 13.2 Å². The fraction of sp³-hybridized carbons (Fsp3) is 0.900. The Labute approximate surface area is 156 Å². The van der Waals surface area contributed by atoms with Crippen molar-refractivity contribution in [2.24, 2.45) is 0 Å². The van der Waals surface area contributed by atoms with Gasteiger partial charge in [0.1, 0.15) is 0 Å². The summed E-state index contributed by atoms with van der Waals surface area (Å²) in [6.07, 6.45) is 22.5. The van der Waals surface area contributed by atoms with E-state index in [1.807, 2.05) is 0 Å². The van der Waals surface area contributed by atoms with E-state index in [1.165, 1.54) is 77.0 Å². The summed E-state index contributed by atoms with van der Waals surface area (Å²) in [7, 11) is -3.54. The number of nitrogens with one attached hydrogen (secondary N) is 1. The highest BCUT2D eigenvalue weighted by molar-refractivity contribution is 7.50. The lowest BCUT2D eigenvalue weighted by Gasteiger charge is -2.11. The number of rotatable bonds is 19. The van der Waals surface area contributed by atoms with Crippen molar-refractivity contribution in [1.29, 1.82) is 0 Å². The van der Waals surface area contributed by atoms with E-state index >= 15 is 0 Å². The molecule has 0 aliphatic carbocycles. The van der Waals surface area contributed by atoms with Gasteiger partial charge in [-0.2, -0.15) is 0 Å². The molecule has 1 unspecified atom stereocenters. The second-order valence-electron chi connectivity index (χ2n) is 6.78. The van der Waals surface area contributed by atoms with E-state index in [2.05, 4.69) is 24.2 Å². The molecule has 0 rings (SSSR count). The molecule has 1 atom stereocenters. The Hall–Kier alpha value is -0.150. The van der Waals surface area contributed by atoms with Crippen LogP contribution in [-0.4, -0.2) is 18.0 Å². The minimum absolute atomic E-state index is 0.258. The summed E-state index contributed by atoms with van der Waals surface area (Å²) in [4.78, 5) is 9.36. The van der Waals surface area contributed by atoms with Crippen LogP contribution in [0.4, 0.5) is 0 Å². The Morgan fingerprint density at radius 2 is 1.28 bits per heavy atom. The second-order valence-corrected chi connectivity index (χ2v) is 8.40. The Morgan fingerprint density at radius 1 is 0.800 bits per heavy atom. The van der Waals surface area contributed by atoms with Crippen LogP contribution in [-0.2, 0) is 9.09 Å². The maximum Gasteiger partial charge on any atom is 0.402 e. The van der Waals surface area contributed by atoms with Gasteiger partial charge in [-0.1, -0.05) is 76.9 Å². The largest absolute Gasteiger partial charge is 0.402 e. The van der Waals surface area contributed by atoms with Crippen molar-refractivity contribution >= 4 is 7.75 Å². The minimum atomic E-state index is -3.54. The molecular formula is C20H42NO3P. The molecule has 5 heteroatoms. The summed E-state index contributed by atoms with van der Waals surface area (Å²) in [5.41, 5.74) is 0. The summed E-state index contributed by atoms with van der Waals surface area (Å²) in [5, 5.41) is 2.59. The molecule has 4 nitrogen and oxygen atoms in total. The molecule has 0 radical (unpaired) electrons. The standard InChI is InChI=1S/C20H42NO3P/c1-3-5-6-7-8-9-10-11-12-13-14-15-16-17-18-19-20-21-25(22,23)24-4-2/h11-12H,3-10,13-20H2,1-2H3,(H2,21,22,23)/b12-11-. The van der Waals surface area contributed by atoms with Crippen LogP contribution in [0.2, 0.25) is 0 Å². The molecule has 0 amide bonds. The van der Waals surface area contributed by atoms with E-state index in [-0.39, 0.29) is 6.61 Å². The third-order valence-corrected chi connectivity index (χ3v) is 5.54. The van der Waals surface area contributed by atoms with Gasteiger partial charge >= 0.3 is 7.75 Å². The number of hydrogen-bond acceptors (Lipinski definition) is 2. The third-order valence-electron chi connectivity index (χ3n) is 4.30. The first kappa shape index (κ1) is 24.8. The smallest absolute Gasteiger partial charge is 0.312 e. The first-order valence-corrected chi connectivity index (χ1v) is 12.1. The highest BCUT2D eigenvalue weighted by Crippen LogP contribution is 2.35. The number of unbranched alkanes of at least 4 members (excludes halogenated alkanes) is 12. The number of allylic oxidation sites excluding steroid dienone is 2. The maximum absolute atomic E-state index is 11.4. The van der Waals surface area contributed by atoms with Crippen molar-refractivity contribution < 1.29 is 14.0 Å². The quantitative estimate of drug-likeness (QED) is 0.149. The molecule has 150 valence electrons. The van der Waals surface area contributed by atoms with Crippen LogP contribution in [0.3, 0.4) is 0 Å². The topological polar surface area (TPSA) is 58.6 Å². The van der Waals surface area contributed by atoms with Crippen molar-refractivity contribution in [2.45, 2.75) is 104 Å². The van der Waals surface area contributed by atoms with Crippen LogP contribution < -0.4 is 5.09 Å². The van der Waals surface area contributed by atoms with Crippen LogP contribution in [0.5, 0.6) is 0 Å². The molecule has 0 bridgehead atoms. The summed E-state index contributed by atoms with van der Waals surface area (Å²) in [5.74, 6) is 0. The third kappa shape index (κ3) is 20.0. The van der Waals surface area contributed by atoms with Gasteiger partial charge in [-0.3, -0.25) is 4.52 Å². The lowest BCUT2D eigenvalue weighted by Crippen LogP contribution is -2.13. The summed E-state index contributed by atoms with van der Waals surface area (Å²) < 4.78 is 16.1. The summed E-state index contributed by atoms with van der Waals surface area (Å²) in [6.45, 7) is 4.79. The van der Waals surface area contributed by atoms with Gasteiger partial charge < -0.3 is 4.89 Å². The van der Waals surface area contributed by atoms with Crippen LogP contribution in [0.15, 0.2) is 12.2 Å². The molecule has 0 aromatic carbocycles. The van der Waals surface area contributed by atoms with E-state index < -0.39 is 7.75 Å². The molecule has 0 spiro atoms. The van der Waals surface area contributed by atoms with Crippen molar-refractivity contribution in [3.63, 3.8) is 0 Å². The van der Waals surface area contributed by atoms with Gasteiger partial charge in [0.05, 0.1) is 6.61 Å². The lowest BCUT2D eigenvalue weighted by molar-refractivity contribution is 0.263. The van der Waals surface area contributed by atoms with E-state index in [4.69, 9.17) is 4.52 Å². The molecule has 0 heterocycles. The predicted octanol–water partition coefficient (Wildman–Crippen LogP) is 6.75. The van der Waals surface area contributed by atoms with Crippen LogP contribution >= 0.6 is 7.75 Å². The van der Waals surface area contributed by atoms with E-state index in [9.17, 15) is 9.46 Å². The fourth-order valence-corrected chi connectivity index (χ4v) is 3.70. The molecule has 0 aromatic heterocycles. The SMILES string of the molecule is CCCCCCCC/C=C\CCCCCCCCNP(=O)(O)OCC. The lowest BCUT2D eigenvalue weighted by atomic mass is 10.1. The number of hydrogen-bond donors (Lipinski definition) is 2. The van der Waals surface area contributed by atoms with Crippen LogP contribution in [0.1, 0.15) is 104 Å². The molecule has 0 saturated carbocycles. The van der Waals surface area contributed by atoms with E-state index in [1.54, 1.807) is 6.92 Å². The van der Waals surface area contributed by atoms with Gasteiger partial charge in [0.25, 0.3) is 0 Å². The zero-order chi connectivity index (χ0) is 18.6. The highest BCUT2D eigenvalue weighted by atomic mass is 31.2. The van der Waals surface area contributed by atoms with Gasteiger partial charge in [-0.05, 0) is 39.0 Å². The molecule has 0 fully saturated rings. The van der Waals surface area contributed by atoms with Crippen LogP contribution in [0, 0.1) is 0 Å². The molecule has 0 aliphatic heterocycles. The first-order chi connectivity index (χ1) is 12.1.